The normalized spacial score (nSPS) is 18.5. The first kappa shape index (κ1) is 15.4. The molecular formula is C19H21NO3. The van der Waals surface area contributed by atoms with Gasteiger partial charge in [-0.05, 0) is 32.0 Å². The van der Waals surface area contributed by atoms with Crippen LogP contribution < -0.4 is 14.8 Å². The molecule has 1 heterocycles. The van der Waals surface area contributed by atoms with Gasteiger partial charge in [0, 0.05) is 12.0 Å². The van der Waals surface area contributed by atoms with Crippen LogP contribution in [-0.2, 0) is 0 Å². The van der Waals surface area contributed by atoms with Crippen molar-refractivity contribution in [2.45, 2.75) is 31.9 Å². The van der Waals surface area contributed by atoms with Crippen molar-refractivity contribution in [1.29, 1.82) is 0 Å². The molecule has 1 aliphatic heterocycles. The molecule has 2 aromatic carbocycles. The van der Waals surface area contributed by atoms with E-state index in [4.69, 9.17) is 9.47 Å². The van der Waals surface area contributed by atoms with Crippen LogP contribution in [0.2, 0.25) is 0 Å². The third kappa shape index (κ3) is 3.16. The Bertz CT molecular complexity index is 724. The molecule has 0 bridgehead atoms. The summed E-state index contributed by atoms with van der Waals surface area (Å²) in [4.78, 5) is 12.7. The van der Waals surface area contributed by atoms with Crippen LogP contribution >= 0.6 is 0 Å². The highest BCUT2D eigenvalue weighted by atomic mass is 16.5. The lowest BCUT2D eigenvalue weighted by atomic mass is 9.89. The van der Waals surface area contributed by atoms with Crippen molar-refractivity contribution in [3.05, 3.63) is 59.7 Å². The standard InChI is InChI=1S/C19H21NO3/c1-19(2)12-15(13-8-4-7-11-17(13)23-19)20-18(21)14-9-5-6-10-16(14)22-3/h4-11,15H,12H2,1-3H3,(H,20,21)/t15-/m1/s1. The first-order valence-electron chi connectivity index (χ1n) is 7.72. The number of amides is 1. The molecule has 1 N–H and O–H groups in total. The molecule has 120 valence electrons. The predicted molar refractivity (Wildman–Crippen MR) is 89.0 cm³/mol. The molecule has 1 atom stereocenters. The Hall–Kier alpha value is -2.49. The summed E-state index contributed by atoms with van der Waals surface area (Å²) in [7, 11) is 1.57. The van der Waals surface area contributed by atoms with Crippen LogP contribution in [0.1, 0.15) is 42.2 Å². The number of nitrogens with one attached hydrogen (secondary N) is 1. The number of hydrogen-bond donors (Lipinski definition) is 1. The number of methoxy groups -OCH3 is 1. The first-order chi connectivity index (χ1) is 11.0. The molecule has 0 spiro atoms. The Kier molecular flexibility index (Phi) is 3.99. The number of hydrogen-bond acceptors (Lipinski definition) is 3. The fraction of sp³-hybridized carbons (Fsp3) is 0.316. The molecule has 23 heavy (non-hydrogen) atoms. The zero-order valence-electron chi connectivity index (χ0n) is 13.6. The number of fused-ring (bicyclic) bond motifs is 1. The van der Waals surface area contributed by atoms with E-state index in [0.717, 1.165) is 11.3 Å². The highest BCUT2D eigenvalue weighted by Crippen LogP contribution is 2.39. The Morgan fingerprint density at radius 1 is 1.17 bits per heavy atom. The van der Waals surface area contributed by atoms with E-state index in [2.05, 4.69) is 5.32 Å². The summed E-state index contributed by atoms with van der Waals surface area (Å²) >= 11 is 0. The van der Waals surface area contributed by atoms with Crippen molar-refractivity contribution >= 4 is 5.91 Å². The van der Waals surface area contributed by atoms with Crippen LogP contribution in [0.25, 0.3) is 0 Å². The van der Waals surface area contributed by atoms with Crippen molar-refractivity contribution in [2.75, 3.05) is 7.11 Å². The van der Waals surface area contributed by atoms with E-state index in [-0.39, 0.29) is 17.6 Å². The van der Waals surface area contributed by atoms with Crippen LogP contribution in [0.4, 0.5) is 0 Å². The van der Waals surface area contributed by atoms with Crippen LogP contribution in [0.5, 0.6) is 11.5 Å². The van der Waals surface area contributed by atoms with Crippen molar-refractivity contribution in [3.8, 4) is 11.5 Å². The number of carbonyl (C=O) groups excluding carboxylic acids is 1. The van der Waals surface area contributed by atoms with E-state index in [1.54, 1.807) is 19.2 Å². The third-order valence-corrected chi connectivity index (χ3v) is 4.03. The van der Waals surface area contributed by atoms with Crippen molar-refractivity contribution in [1.82, 2.24) is 5.32 Å². The molecule has 0 aromatic heterocycles. The monoisotopic (exact) mass is 311 g/mol. The maximum absolute atomic E-state index is 12.7. The molecule has 4 heteroatoms. The summed E-state index contributed by atoms with van der Waals surface area (Å²) < 4.78 is 11.3. The average Bonchev–Trinajstić information content (AvgIpc) is 2.53. The largest absolute Gasteiger partial charge is 0.496 e. The maximum Gasteiger partial charge on any atom is 0.255 e. The first-order valence-corrected chi connectivity index (χ1v) is 7.72. The molecule has 0 radical (unpaired) electrons. The number of benzene rings is 2. The SMILES string of the molecule is COc1ccccc1C(=O)N[C@@H]1CC(C)(C)Oc2ccccc21. The molecular weight excluding hydrogens is 290 g/mol. The predicted octanol–water partition coefficient (Wildman–Crippen LogP) is 3.73. The van der Waals surface area contributed by atoms with Gasteiger partial charge in [-0.25, -0.2) is 0 Å². The fourth-order valence-corrected chi connectivity index (χ4v) is 3.00. The average molecular weight is 311 g/mol. The molecule has 2 aromatic rings. The topological polar surface area (TPSA) is 47.6 Å². The third-order valence-electron chi connectivity index (χ3n) is 4.03. The van der Waals surface area contributed by atoms with E-state index in [0.29, 0.717) is 17.7 Å². The minimum absolute atomic E-state index is 0.0904. The van der Waals surface area contributed by atoms with Gasteiger partial charge in [0.2, 0.25) is 0 Å². The summed E-state index contributed by atoms with van der Waals surface area (Å²) in [5.41, 5.74) is 1.22. The van der Waals surface area contributed by atoms with Gasteiger partial charge in [-0.2, -0.15) is 0 Å². The highest BCUT2D eigenvalue weighted by Gasteiger charge is 2.34. The lowest BCUT2D eigenvalue weighted by Gasteiger charge is -2.37. The van der Waals surface area contributed by atoms with Crippen molar-refractivity contribution in [2.24, 2.45) is 0 Å². The summed E-state index contributed by atoms with van der Waals surface area (Å²) in [6.45, 7) is 4.07. The van der Waals surface area contributed by atoms with Crippen molar-refractivity contribution < 1.29 is 14.3 Å². The second kappa shape index (κ2) is 5.95. The van der Waals surface area contributed by atoms with E-state index in [1.165, 1.54) is 0 Å². The Morgan fingerprint density at radius 2 is 1.87 bits per heavy atom. The van der Waals surface area contributed by atoms with Gasteiger partial charge in [0.05, 0.1) is 18.7 Å². The van der Waals surface area contributed by atoms with Gasteiger partial charge in [-0.15, -0.1) is 0 Å². The van der Waals surface area contributed by atoms with Gasteiger partial charge in [0.1, 0.15) is 17.1 Å². The summed E-state index contributed by atoms with van der Waals surface area (Å²) in [6, 6.07) is 15.0. The van der Waals surface area contributed by atoms with E-state index in [9.17, 15) is 4.79 Å². The van der Waals surface area contributed by atoms with Gasteiger partial charge >= 0.3 is 0 Å². The number of rotatable bonds is 3. The van der Waals surface area contributed by atoms with Gasteiger partial charge < -0.3 is 14.8 Å². The van der Waals surface area contributed by atoms with Gasteiger partial charge in [0.25, 0.3) is 5.91 Å². The molecule has 4 nitrogen and oxygen atoms in total. The molecule has 3 rings (SSSR count). The van der Waals surface area contributed by atoms with Crippen LogP contribution in [0, 0.1) is 0 Å². The number of carbonyl (C=O) groups is 1. The van der Waals surface area contributed by atoms with Crippen LogP contribution in [-0.4, -0.2) is 18.6 Å². The second-order valence-corrected chi connectivity index (χ2v) is 6.33. The Balaban J connectivity index is 1.89. The molecule has 0 unspecified atom stereocenters. The fourth-order valence-electron chi connectivity index (χ4n) is 3.00. The molecule has 1 aliphatic rings. The Morgan fingerprint density at radius 3 is 2.65 bits per heavy atom. The van der Waals surface area contributed by atoms with E-state index in [1.807, 2.05) is 50.2 Å². The highest BCUT2D eigenvalue weighted by molar-refractivity contribution is 5.97. The molecule has 0 fully saturated rings. The van der Waals surface area contributed by atoms with E-state index >= 15 is 0 Å². The smallest absolute Gasteiger partial charge is 0.255 e. The molecule has 1 amide bonds. The second-order valence-electron chi connectivity index (χ2n) is 6.33. The van der Waals surface area contributed by atoms with Crippen LogP contribution in [0.3, 0.4) is 0 Å². The van der Waals surface area contributed by atoms with Crippen LogP contribution in [0.15, 0.2) is 48.5 Å². The summed E-state index contributed by atoms with van der Waals surface area (Å²) in [5.74, 6) is 1.26. The Labute approximate surface area is 136 Å². The molecule has 0 saturated heterocycles. The van der Waals surface area contributed by atoms with Gasteiger partial charge in [-0.3, -0.25) is 4.79 Å². The quantitative estimate of drug-likeness (QED) is 0.939. The number of para-hydroxylation sites is 2. The zero-order chi connectivity index (χ0) is 16.4. The minimum Gasteiger partial charge on any atom is -0.496 e. The lowest BCUT2D eigenvalue weighted by molar-refractivity contribution is 0.0619. The van der Waals surface area contributed by atoms with Crippen molar-refractivity contribution in [3.63, 3.8) is 0 Å². The molecule has 0 saturated carbocycles. The van der Waals surface area contributed by atoms with E-state index < -0.39 is 0 Å². The number of ether oxygens (including phenoxy) is 2. The zero-order valence-corrected chi connectivity index (χ0v) is 13.6. The van der Waals surface area contributed by atoms with Gasteiger partial charge in [-0.1, -0.05) is 30.3 Å². The summed E-state index contributed by atoms with van der Waals surface area (Å²) in [6.07, 6.45) is 0.713. The molecule has 0 aliphatic carbocycles. The minimum atomic E-state index is -0.326. The van der Waals surface area contributed by atoms with Gasteiger partial charge in [0.15, 0.2) is 0 Å². The maximum atomic E-state index is 12.7. The lowest BCUT2D eigenvalue weighted by Crippen LogP contribution is -2.41. The summed E-state index contributed by atoms with van der Waals surface area (Å²) in [5, 5.41) is 3.12.